The monoisotopic (exact) mass is 588 g/mol. The number of unbranched alkanes of at least 4 members (excludes halogenated alkanes) is 1. The molecule has 3 N–H and O–H groups in total. The number of fused-ring (bicyclic) bond motifs is 3. The topological polar surface area (TPSA) is 134 Å². The van der Waals surface area contributed by atoms with Crippen LogP contribution in [0.2, 0.25) is 0 Å². The minimum Gasteiger partial charge on any atom is -0.449 e. The summed E-state index contributed by atoms with van der Waals surface area (Å²) in [6.07, 6.45) is 0.126. The van der Waals surface area contributed by atoms with Gasteiger partial charge in [-0.25, -0.2) is 9.59 Å². The Kier molecular flexibility index (Phi) is 15.1. The van der Waals surface area contributed by atoms with E-state index >= 15 is 0 Å². The Balaban J connectivity index is 1.33. The molecule has 0 aromatic heterocycles. The lowest BCUT2D eigenvalue weighted by Crippen LogP contribution is -2.38. The third-order valence-electron chi connectivity index (χ3n) is 6.88. The Bertz CT molecular complexity index is 1030. The van der Waals surface area contributed by atoms with Gasteiger partial charge in [-0.15, -0.1) is 0 Å². The first-order valence-corrected chi connectivity index (χ1v) is 14.4. The summed E-state index contributed by atoms with van der Waals surface area (Å²) in [5, 5.41) is 15.2. The van der Waals surface area contributed by atoms with Crippen LogP contribution < -0.4 is 10.6 Å². The number of amides is 2. The highest BCUT2D eigenvalue weighted by molar-refractivity contribution is 5.79. The molecule has 42 heavy (non-hydrogen) atoms. The molecule has 0 bridgehead atoms. The Morgan fingerprint density at radius 2 is 1.43 bits per heavy atom. The molecule has 0 fully saturated rings. The predicted molar refractivity (Wildman–Crippen MR) is 157 cm³/mol. The van der Waals surface area contributed by atoms with Crippen molar-refractivity contribution in [1.82, 2.24) is 10.6 Å². The highest BCUT2D eigenvalue weighted by Gasteiger charge is 2.29. The number of aliphatic hydroxyl groups is 1. The van der Waals surface area contributed by atoms with Gasteiger partial charge in [0.05, 0.1) is 52.3 Å². The van der Waals surface area contributed by atoms with Gasteiger partial charge in [0.15, 0.2) is 6.10 Å². The van der Waals surface area contributed by atoms with E-state index in [1.54, 1.807) is 14.2 Å². The number of rotatable bonds is 20. The molecule has 2 amide bonds. The number of alkyl carbamates (subject to hydrolysis) is 2. The molecule has 0 saturated heterocycles. The average Bonchev–Trinajstić information content (AvgIpc) is 3.33. The number of carbonyl (C=O) groups is 2. The normalized spacial score (nSPS) is 13.0. The number of ether oxygens (including phenoxy) is 6. The summed E-state index contributed by atoms with van der Waals surface area (Å²) in [4.78, 5) is 24.8. The van der Waals surface area contributed by atoms with Gasteiger partial charge in [0.1, 0.15) is 6.61 Å². The summed E-state index contributed by atoms with van der Waals surface area (Å²) >= 11 is 0. The summed E-state index contributed by atoms with van der Waals surface area (Å²) in [5.74, 6) is -0.0324. The maximum Gasteiger partial charge on any atom is 0.407 e. The van der Waals surface area contributed by atoms with E-state index in [1.165, 1.54) is 0 Å². The van der Waals surface area contributed by atoms with Crippen molar-refractivity contribution in [3.63, 3.8) is 0 Å². The van der Waals surface area contributed by atoms with Crippen LogP contribution in [0.3, 0.4) is 0 Å². The summed E-state index contributed by atoms with van der Waals surface area (Å²) in [5.41, 5.74) is 4.60. The fraction of sp³-hybridized carbons (Fsp3) is 0.548. The minimum atomic E-state index is -0.570. The van der Waals surface area contributed by atoms with E-state index in [9.17, 15) is 14.7 Å². The fourth-order valence-corrected chi connectivity index (χ4v) is 4.75. The van der Waals surface area contributed by atoms with Crippen LogP contribution in [0.15, 0.2) is 48.5 Å². The molecule has 0 spiro atoms. The van der Waals surface area contributed by atoms with Crippen LogP contribution in [0.5, 0.6) is 0 Å². The quantitative estimate of drug-likeness (QED) is 0.199. The van der Waals surface area contributed by atoms with E-state index in [4.69, 9.17) is 28.4 Å². The van der Waals surface area contributed by atoms with Crippen molar-refractivity contribution in [2.45, 2.75) is 37.3 Å². The van der Waals surface area contributed by atoms with E-state index < -0.39 is 24.3 Å². The van der Waals surface area contributed by atoms with Crippen LogP contribution in [-0.2, 0) is 28.4 Å². The Hall–Kier alpha value is -3.22. The molecule has 2 aromatic carbocycles. The second kappa shape index (κ2) is 19.1. The molecule has 0 radical (unpaired) electrons. The maximum absolute atomic E-state index is 12.5. The zero-order chi connectivity index (χ0) is 30.0. The van der Waals surface area contributed by atoms with Crippen LogP contribution in [0.4, 0.5) is 9.59 Å². The van der Waals surface area contributed by atoms with Crippen LogP contribution in [0.1, 0.15) is 36.3 Å². The molecule has 2 aromatic rings. The SMILES string of the molecule is COCCOCC(COCCOC)OC(=O)NCCCC[C@H](CO)NC(=O)OCC1c2ccccc2-c2ccccc21. The Morgan fingerprint density at radius 1 is 0.833 bits per heavy atom. The molecule has 1 aliphatic rings. The van der Waals surface area contributed by atoms with Crippen molar-refractivity contribution in [3.05, 3.63) is 59.7 Å². The number of benzene rings is 2. The van der Waals surface area contributed by atoms with Gasteiger partial charge in [0.2, 0.25) is 0 Å². The smallest absolute Gasteiger partial charge is 0.407 e. The van der Waals surface area contributed by atoms with Crippen molar-refractivity contribution in [3.8, 4) is 11.1 Å². The van der Waals surface area contributed by atoms with E-state index in [1.807, 2.05) is 24.3 Å². The first-order valence-electron chi connectivity index (χ1n) is 14.4. The molecule has 3 rings (SSSR count). The molecule has 0 unspecified atom stereocenters. The standard InChI is InChI=1S/C31H44N2O9/c1-37-15-17-39-20-24(21-40-18-16-38-2)42-30(35)32-14-8-7-9-23(19-34)33-31(36)41-22-29-27-12-5-3-10-25(27)26-11-4-6-13-28(26)29/h3-6,10-13,23-24,29,34H,7-9,14-22H2,1-2H3,(H,32,35)(H,33,36)/t23-/m1/s1. The Morgan fingerprint density at radius 3 is 2.00 bits per heavy atom. The van der Waals surface area contributed by atoms with Crippen molar-refractivity contribution in [1.29, 1.82) is 0 Å². The first kappa shape index (κ1) is 33.3. The largest absolute Gasteiger partial charge is 0.449 e. The van der Waals surface area contributed by atoms with Crippen molar-refractivity contribution in [2.24, 2.45) is 0 Å². The van der Waals surface area contributed by atoms with Crippen molar-refractivity contribution in [2.75, 3.05) is 73.6 Å². The van der Waals surface area contributed by atoms with Gasteiger partial charge < -0.3 is 44.2 Å². The third-order valence-corrected chi connectivity index (χ3v) is 6.88. The summed E-state index contributed by atoms with van der Waals surface area (Å²) in [6, 6.07) is 15.8. The van der Waals surface area contributed by atoms with Gasteiger partial charge in [-0.05, 0) is 41.5 Å². The number of aliphatic hydroxyl groups excluding tert-OH is 1. The fourth-order valence-electron chi connectivity index (χ4n) is 4.75. The second-order valence-electron chi connectivity index (χ2n) is 9.93. The van der Waals surface area contributed by atoms with Gasteiger partial charge in [-0.2, -0.15) is 0 Å². The predicted octanol–water partition coefficient (Wildman–Crippen LogP) is 3.48. The van der Waals surface area contributed by atoms with Crippen molar-refractivity contribution < 1.29 is 43.1 Å². The van der Waals surface area contributed by atoms with Gasteiger partial charge in [-0.3, -0.25) is 0 Å². The molecular formula is C31H44N2O9. The van der Waals surface area contributed by atoms with E-state index in [0.717, 1.165) is 22.3 Å². The number of hydrogen-bond donors (Lipinski definition) is 3. The second-order valence-corrected chi connectivity index (χ2v) is 9.93. The third kappa shape index (κ3) is 10.9. The maximum atomic E-state index is 12.5. The van der Waals surface area contributed by atoms with Gasteiger partial charge in [-0.1, -0.05) is 48.5 Å². The number of nitrogens with one attached hydrogen (secondary N) is 2. The highest BCUT2D eigenvalue weighted by atomic mass is 16.6. The summed E-state index contributed by atoms with van der Waals surface area (Å²) in [6.45, 7) is 2.38. The summed E-state index contributed by atoms with van der Waals surface area (Å²) in [7, 11) is 3.16. The number of methoxy groups -OCH3 is 2. The molecule has 11 heteroatoms. The van der Waals surface area contributed by atoms with Gasteiger partial charge in [0, 0.05) is 26.7 Å². The van der Waals surface area contributed by atoms with E-state index in [-0.39, 0.29) is 32.3 Å². The van der Waals surface area contributed by atoms with Gasteiger partial charge in [0.25, 0.3) is 0 Å². The van der Waals surface area contributed by atoms with Crippen LogP contribution >= 0.6 is 0 Å². The molecule has 11 nitrogen and oxygen atoms in total. The number of hydrogen-bond acceptors (Lipinski definition) is 9. The average molecular weight is 589 g/mol. The first-order chi connectivity index (χ1) is 20.6. The molecular weight excluding hydrogens is 544 g/mol. The van der Waals surface area contributed by atoms with Crippen LogP contribution in [0, 0.1) is 0 Å². The molecule has 0 heterocycles. The minimum absolute atomic E-state index is 0.0324. The lowest BCUT2D eigenvalue weighted by atomic mass is 9.98. The zero-order valence-corrected chi connectivity index (χ0v) is 24.5. The van der Waals surface area contributed by atoms with Gasteiger partial charge >= 0.3 is 12.2 Å². The lowest BCUT2D eigenvalue weighted by molar-refractivity contribution is -0.0422. The summed E-state index contributed by atoms with van der Waals surface area (Å²) < 4.78 is 31.9. The van der Waals surface area contributed by atoms with E-state index in [2.05, 4.69) is 34.9 Å². The molecule has 1 atom stereocenters. The van der Waals surface area contributed by atoms with Crippen LogP contribution in [0.25, 0.3) is 11.1 Å². The van der Waals surface area contributed by atoms with Crippen LogP contribution in [-0.4, -0.2) is 103 Å². The molecule has 0 aliphatic heterocycles. The van der Waals surface area contributed by atoms with E-state index in [0.29, 0.717) is 52.2 Å². The zero-order valence-electron chi connectivity index (χ0n) is 24.5. The Labute approximate surface area is 247 Å². The molecule has 232 valence electrons. The molecule has 0 saturated carbocycles. The molecule has 1 aliphatic carbocycles. The highest BCUT2D eigenvalue weighted by Crippen LogP contribution is 2.44. The lowest BCUT2D eigenvalue weighted by Gasteiger charge is -2.19. The number of carbonyl (C=O) groups excluding carboxylic acids is 2. The van der Waals surface area contributed by atoms with Crippen molar-refractivity contribution >= 4 is 12.2 Å².